The maximum absolute atomic E-state index is 13.3. The summed E-state index contributed by atoms with van der Waals surface area (Å²) >= 11 is 0. The third-order valence-corrected chi connectivity index (χ3v) is 2.77. The van der Waals surface area contributed by atoms with E-state index in [-0.39, 0.29) is 23.7 Å². The minimum absolute atomic E-state index is 0.0918. The highest BCUT2D eigenvalue weighted by Crippen LogP contribution is 2.13. The SMILES string of the molecule is O=C(CCCn1cc([N+](=O)[O-])cn1)Nc1ccccc1F. The van der Waals surface area contributed by atoms with Crippen LogP contribution in [0.3, 0.4) is 0 Å². The normalized spacial score (nSPS) is 10.3. The lowest BCUT2D eigenvalue weighted by Crippen LogP contribution is -2.13. The third-order valence-electron chi connectivity index (χ3n) is 2.77. The molecule has 7 nitrogen and oxygen atoms in total. The average molecular weight is 292 g/mol. The summed E-state index contributed by atoms with van der Waals surface area (Å²) in [6.45, 7) is 0.374. The van der Waals surface area contributed by atoms with E-state index < -0.39 is 10.7 Å². The fraction of sp³-hybridized carbons (Fsp3) is 0.231. The molecule has 0 aliphatic heterocycles. The Hall–Kier alpha value is -2.77. The monoisotopic (exact) mass is 292 g/mol. The Balaban J connectivity index is 1.79. The number of aromatic nitrogens is 2. The summed E-state index contributed by atoms with van der Waals surface area (Å²) in [6.07, 6.45) is 3.06. The number of aryl methyl sites for hydroxylation is 1. The van der Waals surface area contributed by atoms with E-state index in [0.29, 0.717) is 13.0 Å². The maximum atomic E-state index is 13.3. The summed E-state index contributed by atoms with van der Waals surface area (Å²) in [4.78, 5) is 21.6. The van der Waals surface area contributed by atoms with Gasteiger partial charge in [0.25, 0.3) is 0 Å². The fourth-order valence-corrected chi connectivity index (χ4v) is 1.75. The molecule has 8 heteroatoms. The molecule has 1 heterocycles. The van der Waals surface area contributed by atoms with Gasteiger partial charge in [0.1, 0.15) is 18.2 Å². The van der Waals surface area contributed by atoms with Gasteiger partial charge >= 0.3 is 5.69 Å². The van der Waals surface area contributed by atoms with E-state index in [4.69, 9.17) is 0 Å². The second kappa shape index (κ2) is 6.60. The van der Waals surface area contributed by atoms with Crippen molar-refractivity contribution in [2.24, 2.45) is 0 Å². The van der Waals surface area contributed by atoms with Crippen molar-refractivity contribution in [1.82, 2.24) is 9.78 Å². The Bertz CT molecular complexity index is 656. The van der Waals surface area contributed by atoms with Crippen LogP contribution < -0.4 is 5.32 Å². The molecule has 1 aromatic carbocycles. The van der Waals surface area contributed by atoms with Gasteiger partial charge in [0.2, 0.25) is 5.91 Å². The van der Waals surface area contributed by atoms with E-state index in [2.05, 4.69) is 10.4 Å². The van der Waals surface area contributed by atoms with Gasteiger partial charge in [0.05, 0.1) is 10.6 Å². The Morgan fingerprint density at radius 1 is 1.43 bits per heavy atom. The molecule has 1 amide bonds. The van der Waals surface area contributed by atoms with Crippen molar-refractivity contribution in [3.8, 4) is 0 Å². The topological polar surface area (TPSA) is 90.1 Å². The molecule has 21 heavy (non-hydrogen) atoms. The zero-order chi connectivity index (χ0) is 15.2. The number of para-hydroxylation sites is 1. The molecule has 1 N–H and O–H groups in total. The second-order valence-corrected chi connectivity index (χ2v) is 4.35. The number of nitrogens with zero attached hydrogens (tertiary/aromatic N) is 3. The number of benzene rings is 1. The van der Waals surface area contributed by atoms with E-state index in [9.17, 15) is 19.3 Å². The predicted molar refractivity (Wildman–Crippen MR) is 73.1 cm³/mol. The van der Waals surface area contributed by atoms with Crippen LogP contribution in [0, 0.1) is 15.9 Å². The smallest absolute Gasteiger partial charge is 0.306 e. The number of hydrogen-bond donors (Lipinski definition) is 1. The Morgan fingerprint density at radius 3 is 2.86 bits per heavy atom. The van der Waals surface area contributed by atoms with Crippen molar-refractivity contribution in [2.45, 2.75) is 19.4 Å². The lowest BCUT2D eigenvalue weighted by atomic mass is 10.2. The molecule has 0 unspecified atom stereocenters. The minimum atomic E-state index is -0.533. The van der Waals surface area contributed by atoms with Gasteiger partial charge < -0.3 is 5.32 Å². The van der Waals surface area contributed by atoms with Crippen molar-refractivity contribution in [3.05, 3.63) is 52.6 Å². The van der Waals surface area contributed by atoms with Crippen molar-refractivity contribution < 1.29 is 14.1 Å². The summed E-state index contributed by atoms with van der Waals surface area (Å²) < 4.78 is 14.7. The van der Waals surface area contributed by atoms with Crippen LogP contribution in [-0.4, -0.2) is 20.6 Å². The molecule has 2 rings (SSSR count). The first-order valence-electron chi connectivity index (χ1n) is 6.27. The first kappa shape index (κ1) is 14.6. The number of nitro groups is 1. The van der Waals surface area contributed by atoms with Crippen molar-refractivity contribution in [3.63, 3.8) is 0 Å². The van der Waals surface area contributed by atoms with Gasteiger partial charge in [-0.3, -0.25) is 19.6 Å². The van der Waals surface area contributed by atoms with E-state index >= 15 is 0 Å². The summed E-state index contributed by atoms with van der Waals surface area (Å²) in [6, 6.07) is 5.90. The van der Waals surface area contributed by atoms with Gasteiger partial charge in [-0.1, -0.05) is 12.1 Å². The molecular formula is C13H13FN4O3. The summed E-state index contributed by atoms with van der Waals surface area (Å²) in [5, 5.41) is 16.8. The van der Waals surface area contributed by atoms with E-state index in [1.165, 1.54) is 29.1 Å². The van der Waals surface area contributed by atoms with Gasteiger partial charge in [-0.05, 0) is 18.6 Å². The van der Waals surface area contributed by atoms with Crippen LogP contribution in [0.25, 0.3) is 0 Å². The van der Waals surface area contributed by atoms with Crippen LogP contribution in [0.15, 0.2) is 36.7 Å². The lowest BCUT2D eigenvalue weighted by Gasteiger charge is -2.06. The second-order valence-electron chi connectivity index (χ2n) is 4.35. The van der Waals surface area contributed by atoms with Gasteiger partial charge in [-0.15, -0.1) is 0 Å². The van der Waals surface area contributed by atoms with Crippen LogP contribution in [-0.2, 0) is 11.3 Å². The number of carbonyl (C=O) groups is 1. The Morgan fingerprint density at radius 2 is 2.19 bits per heavy atom. The van der Waals surface area contributed by atoms with E-state index in [0.717, 1.165) is 6.20 Å². The van der Waals surface area contributed by atoms with E-state index in [1.54, 1.807) is 6.07 Å². The summed E-state index contributed by atoms with van der Waals surface area (Å²) in [5.74, 6) is -0.810. The van der Waals surface area contributed by atoms with Gasteiger partial charge in [-0.2, -0.15) is 5.10 Å². The number of anilines is 1. The molecule has 0 aliphatic rings. The van der Waals surface area contributed by atoms with Crippen LogP contribution in [0.2, 0.25) is 0 Å². The van der Waals surface area contributed by atoms with Crippen LogP contribution in [0.5, 0.6) is 0 Å². The van der Waals surface area contributed by atoms with Gasteiger partial charge in [0, 0.05) is 13.0 Å². The molecular weight excluding hydrogens is 279 g/mol. The largest absolute Gasteiger partial charge is 0.324 e. The number of rotatable bonds is 6. The number of hydrogen-bond acceptors (Lipinski definition) is 4. The quantitative estimate of drug-likeness (QED) is 0.653. The molecule has 1 aromatic heterocycles. The van der Waals surface area contributed by atoms with Crippen molar-refractivity contribution in [2.75, 3.05) is 5.32 Å². The zero-order valence-electron chi connectivity index (χ0n) is 11.0. The highest BCUT2D eigenvalue weighted by molar-refractivity contribution is 5.90. The molecule has 0 atom stereocenters. The average Bonchev–Trinajstić information content (AvgIpc) is 2.90. The number of nitrogens with one attached hydrogen (secondary N) is 1. The fourth-order valence-electron chi connectivity index (χ4n) is 1.75. The van der Waals surface area contributed by atoms with Crippen molar-refractivity contribution in [1.29, 1.82) is 0 Å². The molecule has 0 spiro atoms. The highest BCUT2D eigenvalue weighted by Gasteiger charge is 2.09. The van der Waals surface area contributed by atoms with Gasteiger partial charge in [-0.25, -0.2) is 4.39 Å². The highest BCUT2D eigenvalue weighted by atomic mass is 19.1. The molecule has 0 fully saturated rings. The Labute approximate surface area is 119 Å². The van der Waals surface area contributed by atoms with E-state index in [1.807, 2.05) is 0 Å². The van der Waals surface area contributed by atoms with Crippen molar-refractivity contribution >= 4 is 17.3 Å². The predicted octanol–water partition coefficient (Wildman–Crippen LogP) is 2.35. The molecule has 0 saturated carbocycles. The molecule has 110 valence electrons. The summed E-state index contributed by atoms with van der Waals surface area (Å²) in [5.41, 5.74) is 0.0445. The lowest BCUT2D eigenvalue weighted by molar-refractivity contribution is -0.385. The van der Waals surface area contributed by atoms with Crippen LogP contribution >= 0.6 is 0 Å². The van der Waals surface area contributed by atoms with Gasteiger partial charge in [0.15, 0.2) is 0 Å². The molecule has 0 aliphatic carbocycles. The third kappa shape index (κ3) is 4.10. The molecule has 0 bridgehead atoms. The summed E-state index contributed by atoms with van der Waals surface area (Å²) in [7, 11) is 0. The Kier molecular flexibility index (Phi) is 4.60. The molecule has 2 aromatic rings. The van der Waals surface area contributed by atoms with Crippen LogP contribution in [0.1, 0.15) is 12.8 Å². The zero-order valence-corrected chi connectivity index (χ0v) is 11.0. The molecule has 0 radical (unpaired) electrons. The first-order valence-corrected chi connectivity index (χ1v) is 6.27. The maximum Gasteiger partial charge on any atom is 0.306 e. The first-order chi connectivity index (χ1) is 10.1. The number of carbonyl (C=O) groups excluding carboxylic acids is 1. The molecule has 0 saturated heterocycles. The minimum Gasteiger partial charge on any atom is -0.324 e. The van der Waals surface area contributed by atoms with Crippen LogP contribution in [0.4, 0.5) is 15.8 Å². The number of halogens is 1. The number of amides is 1. The standard InChI is InChI=1S/C13H13FN4O3/c14-11-4-1-2-5-12(11)16-13(19)6-3-7-17-9-10(8-15-17)18(20)21/h1-2,4-5,8-9H,3,6-7H2,(H,16,19).